The van der Waals surface area contributed by atoms with Gasteiger partial charge in [0.25, 0.3) is 5.91 Å². The number of carbonyl (C=O) groups excluding carboxylic acids is 2. The minimum atomic E-state index is -1.17. The highest BCUT2D eigenvalue weighted by Gasteiger charge is 2.56. The third-order valence-electron chi connectivity index (χ3n) is 4.38. The van der Waals surface area contributed by atoms with Gasteiger partial charge in [0.05, 0.1) is 11.0 Å². The van der Waals surface area contributed by atoms with Crippen LogP contribution in [-0.2, 0) is 9.53 Å². The number of fused-ring (bicyclic) bond motifs is 1. The van der Waals surface area contributed by atoms with Crippen molar-refractivity contribution in [3.8, 4) is 0 Å². The van der Waals surface area contributed by atoms with E-state index >= 15 is 0 Å². The molecular weight excluding hydrogens is 338 g/mol. The van der Waals surface area contributed by atoms with E-state index in [-0.39, 0.29) is 11.8 Å². The minimum Gasteiger partial charge on any atom is -0.427 e. The van der Waals surface area contributed by atoms with Crippen molar-refractivity contribution in [1.29, 1.82) is 0 Å². The fraction of sp³-hybridized carbons (Fsp3) is 0.300. The average molecular weight is 358 g/mol. The van der Waals surface area contributed by atoms with Gasteiger partial charge in [-0.3, -0.25) is 4.79 Å². The Morgan fingerprint density at radius 1 is 1.28 bits per heavy atom. The Kier molecular flexibility index (Phi) is 4.82. The van der Waals surface area contributed by atoms with E-state index in [1.54, 1.807) is 36.4 Å². The van der Waals surface area contributed by atoms with Crippen LogP contribution >= 0.6 is 11.6 Å². The SMILES string of the molecule is CC(C)C[C@@]1(NC(=O)c2ccccc2)C(=O)OC2=C(Cl)C=CC=C[C@H]21. The molecule has 1 amide bonds. The highest BCUT2D eigenvalue weighted by atomic mass is 35.5. The maximum absolute atomic E-state index is 12.8. The van der Waals surface area contributed by atoms with Crippen LogP contribution in [-0.4, -0.2) is 17.4 Å². The monoisotopic (exact) mass is 357 g/mol. The number of allylic oxidation sites excluding steroid dienone is 4. The molecule has 0 unspecified atom stereocenters. The van der Waals surface area contributed by atoms with Gasteiger partial charge in [0.15, 0.2) is 5.54 Å². The van der Waals surface area contributed by atoms with Crippen LogP contribution in [0.1, 0.15) is 30.6 Å². The van der Waals surface area contributed by atoms with Crippen molar-refractivity contribution in [2.75, 3.05) is 0 Å². The first-order valence-corrected chi connectivity index (χ1v) is 8.66. The summed E-state index contributed by atoms with van der Waals surface area (Å²) in [6, 6.07) is 8.84. The van der Waals surface area contributed by atoms with Gasteiger partial charge < -0.3 is 10.1 Å². The maximum Gasteiger partial charge on any atom is 0.338 e. The molecule has 1 aliphatic heterocycles. The Morgan fingerprint density at radius 2 is 2.00 bits per heavy atom. The number of hydrogen-bond donors (Lipinski definition) is 1. The van der Waals surface area contributed by atoms with Gasteiger partial charge in [0.2, 0.25) is 0 Å². The second-order valence-corrected chi connectivity index (χ2v) is 7.12. The number of hydrogen-bond acceptors (Lipinski definition) is 3. The zero-order valence-electron chi connectivity index (χ0n) is 14.2. The molecule has 1 fully saturated rings. The molecule has 25 heavy (non-hydrogen) atoms. The number of rotatable bonds is 4. The molecule has 1 aromatic carbocycles. The minimum absolute atomic E-state index is 0.173. The zero-order valence-corrected chi connectivity index (χ0v) is 14.9. The van der Waals surface area contributed by atoms with Gasteiger partial charge in [0.1, 0.15) is 5.76 Å². The molecule has 1 heterocycles. The highest BCUT2D eigenvalue weighted by Crippen LogP contribution is 2.43. The number of ether oxygens (including phenoxy) is 1. The molecule has 3 rings (SSSR count). The van der Waals surface area contributed by atoms with Crippen molar-refractivity contribution in [2.45, 2.75) is 25.8 Å². The van der Waals surface area contributed by atoms with Crippen LogP contribution in [0.4, 0.5) is 0 Å². The van der Waals surface area contributed by atoms with E-state index in [4.69, 9.17) is 16.3 Å². The number of carbonyl (C=O) groups is 2. The Balaban J connectivity index is 2.03. The number of halogens is 1. The number of esters is 1. The standard InChI is InChI=1S/C20H20ClNO3/c1-13(2)12-20(22-18(23)14-8-4-3-5-9-14)15-10-6-7-11-16(21)17(15)25-19(20)24/h3-11,13,15H,12H2,1-2H3,(H,22,23)/t15-,20+/m1/s1. The zero-order chi connectivity index (χ0) is 18.0. The van der Waals surface area contributed by atoms with E-state index in [2.05, 4.69) is 5.32 Å². The van der Waals surface area contributed by atoms with Crippen LogP contribution in [0.5, 0.6) is 0 Å². The van der Waals surface area contributed by atoms with Gasteiger partial charge in [-0.2, -0.15) is 0 Å². The predicted octanol–water partition coefficient (Wildman–Crippen LogP) is 3.95. The summed E-state index contributed by atoms with van der Waals surface area (Å²) in [5.74, 6) is -0.639. The van der Waals surface area contributed by atoms with Crippen LogP contribution in [0, 0.1) is 11.8 Å². The van der Waals surface area contributed by atoms with E-state index in [1.807, 2.05) is 32.1 Å². The first-order valence-electron chi connectivity index (χ1n) is 8.28. The molecule has 1 aromatic rings. The fourth-order valence-corrected chi connectivity index (χ4v) is 3.58. The average Bonchev–Trinajstić information content (AvgIpc) is 2.71. The first-order chi connectivity index (χ1) is 11.9. The normalized spacial score (nSPS) is 25.0. The van der Waals surface area contributed by atoms with Gasteiger partial charge in [-0.05, 0) is 30.5 Å². The van der Waals surface area contributed by atoms with E-state index in [1.165, 1.54) is 0 Å². The molecule has 1 saturated heterocycles. The second kappa shape index (κ2) is 6.89. The molecule has 0 radical (unpaired) electrons. The molecule has 1 N–H and O–H groups in total. The van der Waals surface area contributed by atoms with E-state index in [9.17, 15) is 9.59 Å². The topological polar surface area (TPSA) is 55.4 Å². The summed E-state index contributed by atoms with van der Waals surface area (Å²) in [6.45, 7) is 4.01. The molecule has 0 spiro atoms. The molecule has 0 saturated carbocycles. The lowest BCUT2D eigenvalue weighted by atomic mass is 9.78. The maximum atomic E-state index is 12.8. The van der Waals surface area contributed by atoms with Gasteiger partial charge >= 0.3 is 5.97 Å². The van der Waals surface area contributed by atoms with Crippen molar-refractivity contribution < 1.29 is 14.3 Å². The number of amides is 1. The summed E-state index contributed by atoms with van der Waals surface area (Å²) < 4.78 is 5.50. The van der Waals surface area contributed by atoms with Gasteiger partial charge in [-0.1, -0.05) is 61.9 Å². The first kappa shape index (κ1) is 17.5. The van der Waals surface area contributed by atoms with Gasteiger partial charge in [0, 0.05) is 5.56 Å². The Hall–Kier alpha value is -2.33. The van der Waals surface area contributed by atoms with E-state index in [0.29, 0.717) is 22.8 Å². The van der Waals surface area contributed by atoms with Crippen LogP contribution in [0.3, 0.4) is 0 Å². The van der Waals surface area contributed by atoms with Gasteiger partial charge in [-0.25, -0.2) is 4.79 Å². The Morgan fingerprint density at radius 3 is 2.68 bits per heavy atom. The second-order valence-electron chi connectivity index (χ2n) is 6.71. The van der Waals surface area contributed by atoms with Crippen LogP contribution in [0.15, 0.2) is 65.4 Å². The molecule has 4 nitrogen and oxygen atoms in total. The van der Waals surface area contributed by atoms with Crippen molar-refractivity contribution in [1.82, 2.24) is 5.32 Å². The van der Waals surface area contributed by atoms with Crippen molar-refractivity contribution in [3.63, 3.8) is 0 Å². The molecule has 2 aliphatic rings. The molecule has 0 aromatic heterocycles. The predicted molar refractivity (Wildman–Crippen MR) is 96.8 cm³/mol. The lowest BCUT2D eigenvalue weighted by molar-refractivity contribution is -0.142. The lowest BCUT2D eigenvalue weighted by Gasteiger charge is -2.32. The Labute approximate surface area is 152 Å². The van der Waals surface area contributed by atoms with Crippen molar-refractivity contribution >= 4 is 23.5 Å². The van der Waals surface area contributed by atoms with Crippen LogP contribution in [0.25, 0.3) is 0 Å². The van der Waals surface area contributed by atoms with Crippen molar-refractivity contribution in [3.05, 3.63) is 71.0 Å². The fourth-order valence-electron chi connectivity index (χ4n) is 3.35. The van der Waals surface area contributed by atoms with Crippen molar-refractivity contribution in [2.24, 2.45) is 11.8 Å². The number of benzene rings is 1. The molecule has 1 aliphatic carbocycles. The summed E-state index contributed by atoms with van der Waals surface area (Å²) in [5.41, 5.74) is -0.670. The summed E-state index contributed by atoms with van der Waals surface area (Å²) in [6.07, 6.45) is 7.62. The third-order valence-corrected chi connectivity index (χ3v) is 4.69. The number of nitrogens with one attached hydrogen (secondary N) is 1. The molecule has 2 atom stereocenters. The molecule has 130 valence electrons. The summed E-state index contributed by atoms with van der Waals surface area (Å²) in [4.78, 5) is 25.6. The molecular formula is C20H20ClNO3. The van der Waals surface area contributed by atoms with E-state index < -0.39 is 17.4 Å². The lowest BCUT2D eigenvalue weighted by Crippen LogP contribution is -2.56. The quantitative estimate of drug-likeness (QED) is 0.830. The summed E-state index contributed by atoms with van der Waals surface area (Å²) >= 11 is 6.27. The smallest absolute Gasteiger partial charge is 0.338 e. The third kappa shape index (κ3) is 3.27. The van der Waals surface area contributed by atoms with E-state index in [0.717, 1.165) is 0 Å². The highest BCUT2D eigenvalue weighted by molar-refractivity contribution is 6.31. The van der Waals surface area contributed by atoms with Crippen LogP contribution < -0.4 is 5.32 Å². The largest absolute Gasteiger partial charge is 0.427 e. The summed E-state index contributed by atoms with van der Waals surface area (Å²) in [5, 5.41) is 3.33. The molecule has 0 bridgehead atoms. The molecule has 5 heteroatoms. The Bertz CT molecular complexity index is 779. The van der Waals surface area contributed by atoms with Crippen LogP contribution in [0.2, 0.25) is 0 Å². The van der Waals surface area contributed by atoms with Gasteiger partial charge in [-0.15, -0.1) is 0 Å². The summed E-state index contributed by atoms with van der Waals surface area (Å²) in [7, 11) is 0.